The van der Waals surface area contributed by atoms with Gasteiger partial charge >= 0.3 is 5.55 Å². The summed E-state index contributed by atoms with van der Waals surface area (Å²) in [6.07, 6.45) is 0. The zero-order chi connectivity index (χ0) is 8.32. The first kappa shape index (κ1) is 9.41. The van der Waals surface area contributed by atoms with E-state index in [1.54, 1.807) is 12.1 Å². The molecule has 0 saturated carbocycles. The third-order valence-corrected chi connectivity index (χ3v) is 1.99. The lowest BCUT2D eigenvalue weighted by Crippen LogP contribution is -1.80. The van der Waals surface area contributed by atoms with Crippen molar-refractivity contribution in [1.29, 1.82) is 0 Å². The van der Waals surface area contributed by atoms with E-state index in [0.29, 0.717) is 5.75 Å². The molecule has 0 aliphatic carbocycles. The normalized spacial score (nSPS) is 11.2. The molecule has 0 atom stereocenters. The van der Waals surface area contributed by atoms with Gasteiger partial charge in [0.05, 0.1) is 0 Å². The fraction of sp³-hybridized carbons (Fsp3) is 0. The van der Waals surface area contributed by atoms with Gasteiger partial charge < -0.3 is 0 Å². The molecule has 0 heterocycles. The predicted octanol–water partition coefficient (Wildman–Crippen LogP) is 4.46. The summed E-state index contributed by atoms with van der Waals surface area (Å²) in [6.45, 7) is 0. The van der Waals surface area contributed by atoms with Crippen molar-refractivity contribution in [2.24, 2.45) is 0 Å². The third-order valence-electron chi connectivity index (χ3n) is 0.952. The standard InChI is InChI=1S/C6H5Cl3OP/c7-11(8,9)10-6-4-2-1-3-5-6/h1-5H/q+1. The van der Waals surface area contributed by atoms with E-state index in [1.807, 2.05) is 18.2 Å². The minimum Gasteiger partial charge on any atom is -0.294 e. The average Bonchev–Trinajstić information content (AvgIpc) is 1.85. The number of hydrogen-bond donors (Lipinski definition) is 0. The molecule has 1 nitrogen and oxygen atoms in total. The van der Waals surface area contributed by atoms with Crippen molar-refractivity contribution in [3.8, 4) is 5.75 Å². The lowest BCUT2D eigenvalue weighted by molar-refractivity contribution is 0.633. The van der Waals surface area contributed by atoms with Crippen LogP contribution in [0.3, 0.4) is 0 Å². The van der Waals surface area contributed by atoms with Gasteiger partial charge in [0.15, 0.2) is 39.5 Å². The molecule has 0 unspecified atom stereocenters. The Kier molecular flexibility index (Phi) is 3.27. The summed E-state index contributed by atoms with van der Waals surface area (Å²) in [5.41, 5.74) is -2.72. The van der Waals surface area contributed by atoms with Crippen LogP contribution in [0.15, 0.2) is 30.3 Å². The second kappa shape index (κ2) is 3.82. The van der Waals surface area contributed by atoms with Crippen molar-refractivity contribution >= 4 is 39.3 Å². The van der Waals surface area contributed by atoms with Crippen molar-refractivity contribution in [3.63, 3.8) is 0 Å². The second-order valence-corrected chi connectivity index (χ2v) is 8.62. The topological polar surface area (TPSA) is 9.23 Å². The van der Waals surface area contributed by atoms with Crippen LogP contribution in [0, 0.1) is 0 Å². The monoisotopic (exact) mass is 229 g/mol. The fourth-order valence-corrected chi connectivity index (χ4v) is 1.68. The molecule has 0 N–H and O–H groups in total. The molecule has 1 aromatic carbocycles. The molecule has 0 aliphatic rings. The van der Waals surface area contributed by atoms with Crippen molar-refractivity contribution in [1.82, 2.24) is 0 Å². The van der Waals surface area contributed by atoms with Crippen LogP contribution in [0.25, 0.3) is 0 Å². The molecule has 11 heavy (non-hydrogen) atoms. The zero-order valence-corrected chi connectivity index (χ0v) is 8.54. The SMILES string of the molecule is Cl[P+](Cl)(Cl)Oc1ccccc1. The maximum absolute atomic E-state index is 5.49. The van der Waals surface area contributed by atoms with Crippen LogP contribution >= 0.6 is 39.3 Å². The Morgan fingerprint density at radius 3 is 2.00 bits per heavy atom. The second-order valence-electron chi connectivity index (χ2n) is 1.80. The van der Waals surface area contributed by atoms with E-state index >= 15 is 0 Å². The molecule has 60 valence electrons. The van der Waals surface area contributed by atoms with Gasteiger partial charge in [0, 0.05) is 0 Å². The molecule has 0 bridgehead atoms. The van der Waals surface area contributed by atoms with E-state index in [9.17, 15) is 0 Å². The van der Waals surface area contributed by atoms with Gasteiger partial charge in [0.25, 0.3) is 0 Å². The Morgan fingerprint density at radius 1 is 1.00 bits per heavy atom. The first-order valence-corrected chi connectivity index (χ1v) is 7.23. The van der Waals surface area contributed by atoms with Crippen molar-refractivity contribution in [2.75, 3.05) is 0 Å². The molecule has 1 aromatic rings. The summed E-state index contributed by atoms with van der Waals surface area (Å²) >= 11 is 16.5. The van der Waals surface area contributed by atoms with Gasteiger partial charge in [0.1, 0.15) is 0 Å². The molecule has 0 aromatic heterocycles. The lowest BCUT2D eigenvalue weighted by atomic mass is 10.3. The van der Waals surface area contributed by atoms with Crippen LogP contribution in [0.1, 0.15) is 0 Å². The highest BCUT2D eigenvalue weighted by Crippen LogP contribution is 2.73. The van der Waals surface area contributed by atoms with Gasteiger partial charge in [-0.3, -0.25) is 4.52 Å². The Bertz CT molecular complexity index is 221. The van der Waals surface area contributed by atoms with Gasteiger partial charge in [-0.05, 0) is 12.1 Å². The Labute approximate surface area is 80.0 Å². The summed E-state index contributed by atoms with van der Waals surface area (Å²) in [6, 6.07) is 8.97. The molecule has 0 aliphatic heterocycles. The summed E-state index contributed by atoms with van der Waals surface area (Å²) < 4.78 is 5.01. The summed E-state index contributed by atoms with van der Waals surface area (Å²) in [5.74, 6) is 0.584. The molecule has 0 saturated heterocycles. The third kappa shape index (κ3) is 4.03. The van der Waals surface area contributed by atoms with Crippen LogP contribution in [0.2, 0.25) is 0 Å². The molecule has 5 heteroatoms. The highest BCUT2D eigenvalue weighted by molar-refractivity contribution is 8.30. The predicted molar refractivity (Wildman–Crippen MR) is 51.5 cm³/mol. The average molecular weight is 230 g/mol. The smallest absolute Gasteiger partial charge is 0.294 e. The molecule has 0 amide bonds. The largest absolute Gasteiger partial charge is 0.481 e. The van der Waals surface area contributed by atoms with Gasteiger partial charge in [-0.2, -0.15) is 0 Å². The van der Waals surface area contributed by atoms with Gasteiger partial charge in [-0.25, -0.2) is 0 Å². The molecular formula is C6H5Cl3OP+. The number of para-hydroxylation sites is 1. The Hall–Kier alpha value is 0.320. The van der Waals surface area contributed by atoms with Crippen molar-refractivity contribution < 1.29 is 4.52 Å². The van der Waals surface area contributed by atoms with Crippen LogP contribution < -0.4 is 4.52 Å². The van der Waals surface area contributed by atoms with Crippen molar-refractivity contribution in [3.05, 3.63) is 30.3 Å². The number of rotatable bonds is 2. The Balaban J connectivity index is 2.66. The molecular weight excluding hydrogens is 225 g/mol. The van der Waals surface area contributed by atoms with E-state index < -0.39 is 5.55 Å². The fourth-order valence-electron chi connectivity index (χ4n) is 0.601. The lowest BCUT2D eigenvalue weighted by Gasteiger charge is -2.00. The molecule has 0 spiro atoms. The molecule has 1 rings (SSSR count). The summed E-state index contributed by atoms with van der Waals surface area (Å²) in [7, 11) is 0. The summed E-state index contributed by atoms with van der Waals surface area (Å²) in [4.78, 5) is 0. The molecule has 0 fully saturated rings. The number of halogens is 3. The molecule has 0 radical (unpaired) electrons. The van der Waals surface area contributed by atoms with Crippen LogP contribution in [-0.2, 0) is 0 Å². The van der Waals surface area contributed by atoms with Gasteiger partial charge in [0.2, 0.25) is 0 Å². The van der Waals surface area contributed by atoms with Gasteiger partial charge in [-0.15, -0.1) is 0 Å². The minimum atomic E-state index is -2.72. The number of benzene rings is 1. The highest BCUT2D eigenvalue weighted by Gasteiger charge is 2.36. The minimum absolute atomic E-state index is 0.584. The first-order valence-electron chi connectivity index (χ1n) is 2.80. The first-order chi connectivity index (χ1) is 5.08. The van der Waals surface area contributed by atoms with Crippen LogP contribution in [-0.4, -0.2) is 0 Å². The van der Waals surface area contributed by atoms with E-state index in [-0.39, 0.29) is 0 Å². The summed E-state index contributed by atoms with van der Waals surface area (Å²) in [5, 5.41) is 0. The maximum Gasteiger partial charge on any atom is 0.481 e. The van der Waals surface area contributed by atoms with E-state index in [4.69, 9.17) is 38.2 Å². The quantitative estimate of drug-likeness (QED) is 0.682. The van der Waals surface area contributed by atoms with E-state index in [0.717, 1.165) is 0 Å². The highest BCUT2D eigenvalue weighted by atomic mass is 36.1. The maximum atomic E-state index is 5.49. The van der Waals surface area contributed by atoms with Crippen LogP contribution in [0.5, 0.6) is 5.75 Å². The van der Waals surface area contributed by atoms with Crippen molar-refractivity contribution in [2.45, 2.75) is 0 Å². The zero-order valence-electron chi connectivity index (χ0n) is 5.38. The number of hydrogen-bond acceptors (Lipinski definition) is 1. The van der Waals surface area contributed by atoms with E-state index in [2.05, 4.69) is 0 Å². The van der Waals surface area contributed by atoms with Crippen LogP contribution in [0.4, 0.5) is 0 Å². The van der Waals surface area contributed by atoms with E-state index in [1.165, 1.54) is 0 Å². The van der Waals surface area contributed by atoms with Gasteiger partial charge in [-0.1, -0.05) is 18.2 Å². The Morgan fingerprint density at radius 2 is 1.55 bits per heavy atom.